The molecule has 66 valence electrons. The molecule has 0 N–H and O–H groups in total. The molecule has 1 rings (SSSR count). The van der Waals surface area contributed by atoms with Crippen molar-refractivity contribution in [3.05, 3.63) is 33.9 Å². The van der Waals surface area contributed by atoms with E-state index in [1.54, 1.807) is 0 Å². The minimum absolute atomic E-state index is 0.663. The summed E-state index contributed by atoms with van der Waals surface area (Å²) in [5.74, 6) is -6.91. The van der Waals surface area contributed by atoms with Crippen LogP contribution in [0.3, 0.4) is 0 Å². The van der Waals surface area contributed by atoms with Crippen LogP contribution in [0, 0.1) is 10.1 Å². The smallest absolute Gasteiger partial charge is 0.261 e. The normalized spacial score (nSPS) is 29.2. The third-order valence-electron chi connectivity index (χ3n) is 1.49. The SMILES string of the molecule is O=[N+]([O-])C1(F)CC=CC(F)=C1F. The largest absolute Gasteiger partial charge is 0.416 e. The van der Waals surface area contributed by atoms with E-state index in [4.69, 9.17) is 0 Å². The molecular formula is C6H4F3NO2. The van der Waals surface area contributed by atoms with E-state index in [1.165, 1.54) is 0 Å². The molecule has 1 atom stereocenters. The average molecular weight is 179 g/mol. The van der Waals surface area contributed by atoms with Crippen molar-refractivity contribution < 1.29 is 18.1 Å². The molecule has 0 amide bonds. The summed E-state index contributed by atoms with van der Waals surface area (Å²) in [6.45, 7) is 0. The standard InChI is InChI=1S/C6H4F3NO2/c7-4-2-1-3-6(9,5(4)8)10(11)12/h1-2H,3H2. The van der Waals surface area contributed by atoms with Crippen molar-refractivity contribution in [2.45, 2.75) is 12.2 Å². The van der Waals surface area contributed by atoms with Crippen LogP contribution in [0.4, 0.5) is 13.2 Å². The minimum atomic E-state index is -3.42. The summed E-state index contributed by atoms with van der Waals surface area (Å²) in [6, 6.07) is 0. The van der Waals surface area contributed by atoms with Crippen molar-refractivity contribution in [3.8, 4) is 0 Å². The number of alkyl halides is 1. The Labute approximate surface area is 65.3 Å². The Kier molecular flexibility index (Phi) is 1.91. The van der Waals surface area contributed by atoms with E-state index in [0.717, 1.165) is 6.08 Å². The maximum atomic E-state index is 12.9. The van der Waals surface area contributed by atoms with Gasteiger partial charge in [0.15, 0.2) is 5.83 Å². The number of nitro groups is 1. The molecule has 0 spiro atoms. The van der Waals surface area contributed by atoms with Gasteiger partial charge in [0.1, 0.15) is 0 Å². The molecule has 6 heteroatoms. The second-order valence-corrected chi connectivity index (χ2v) is 2.28. The van der Waals surface area contributed by atoms with Crippen LogP contribution >= 0.6 is 0 Å². The highest BCUT2D eigenvalue weighted by atomic mass is 19.2. The topological polar surface area (TPSA) is 43.1 Å². The van der Waals surface area contributed by atoms with Crippen LogP contribution in [0.15, 0.2) is 23.8 Å². The zero-order chi connectivity index (χ0) is 9.35. The average Bonchev–Trinajstić information content (AvgIpc) is 2.00. The summed E-state index contributed by atoms with van der Waals surface area (Å²) in [6.07, 6.45) is 0.761. The Morgan fingerprint density at radius 3 is 2.58 bits per heavy atom. The highest BCUT2D eigenvalue weighted by Crippen LogP contribution is 2.34. The second kappa shape index (κ2) is 2.62. The van der Waals surface area contributed by atoms with Crippen molar-refractivity contribution in [2.24, 2.45) is 0 Å². The molecule has 1 aliphatic carbocycles. The lowest BCUT2D eigenvalue weighted by atomic mass is 10.1. The fraction of sp³-hybridized carbons (Fsp3) is 0.333. The van der Waals surface area contributed by atoms with E-state index >= 15 is 0 Å². The highest BCUT2D eigenvalue weighted by molar-refractivity contribution is 5.25. The lowest BCUT2D eigenvalue weighted by Crippen LogP contribution is -2.35. The van der Waals surface area contributed by atoms with Gasteiger partial charge in [-0.1, -0.05) is 6.08 Å². The summed E-state index contributed by atoms with van der Waals surface area (Å²) < 4.78 is 37.7. The van der Waals surface area contributed by atoms with Crippen molar-refractivity contribution in [1.29, 1.82) is 0 Å². The molecule has 1 aliphatic rings. The van der Waals surface area contributed by atoms with Gasteiger partial charge in [0.2, 0.25) is 5.83 Å². The number of nitrogens with zero attached hydrogens (tertiary/aromatic N) is 1. The van der Waals surface area contributed by atoms with E-state index in [2.05, 4.69) is 0 Å². The first-order valence-corrected chi connectivity index (χ1v) is 3.04. The summed E-state index contributed by atoms with van der Waals surface area (Å²) in [5, 5.41) is 9.99. The fourth-order valence-electron chi connectivity index (χ4n) is 0.819. The first-order chi connectivity index (χ1) is 5.48. The van der Waals surface area contributed by atoms with Gasteiger partial charge in [-0.05, 0) is 6.08 Å². The summed E-state index contributed by atoms with van der Waals surface area (Å²) in [5.41, 5.74) is 0. The maximum absolute atomic E-state index is 12.9. The predicted octanol–water partition coefficient (Wildman–Crippen LogP) is 2.04. The summed E-state index contributed by atoms with van der Waals surface area (Å²) >= 11 is 0. The monoisotopic (exact) mass is 179 g/mol. The molecule has 0 aromatic rings. The molecule has 0 aromatic carbocycles. The van der Waals surface area contributed by atoms with E-state index in [-0.39, 0.29) is 0 Å². The molecule has 1 unspecified atom stereocenters. The molecule has 0 aromatic heterocycles. The van der Waals surface area contributed by atoms with Gasteiger partial charge in [0.25, 0.3) is 0 Å². The zero-order valence-corrected chi connectivity index (χ0v) is 5.76. The lowest BCUT2D eigenvalue weighted by molar-refractivity contribution is -0.595. The van der Waals surface area contributed by atoms with Crippen LogP contribution in [0.2, 0.25) is 0 Å². The molecular weight excluding hydrogens is 175 g/mol. The van der Waals surface area contributed by atoms with Crippen LogP contribution in [0.25, 0.3) is 0 Å². The third-order valence-corrected chi connectivity index (χ3v) is 1.49. The van der Waals surface area contributed by atoms with Crippen molar-refractivity contribution >= 4 is 0 Å². The van der Waals surface area contributed by atoms with Crippen molar-refractivity contribution in [1.82, 2.24) is 0 Å². The maximum Gasteiger partial charge on any atom is 0.416 e. The predicted molar refractivity (Wildman–Crippen MR) is 33.8 cm³/mol. The molecule has 0 radical (unpaired) electrons. The van der Waals surface area contributed by atoms with E-state index < -0.39 is 28.8 Å². The van der Waals surface area contributed by atoms with Gasteiger partial charge >= 0.3 is 5.79 Å². The molecule has 0 aliphatic heterocycles. The van der Waals surface area contributed by atoms with Crippen LogP contribution < -0.4 is 0 Å². The van der Waals surface area contributed by atoms with Gasteiger partial charge < -0.3 is 0 Å². The quantitative estimate of drug-likeness (QED) is 0.351. The van der Waals surface area contributed by atoms with Crippen LogP contribution in [-0.2, 0) is 0 Å². The number of allylic oxidation sites excluding steroid dienone is 2. The molecule has 12 heavy (non-hydrogen) atoms. The third kappa shape index (κ3) is 1.09. The Hall–Kier alpha value is -1.33. The first-order valence-electron chi connectivity index (χ1n) is 3.04. The van der Waals surface area contributed by atoms with Crippen LogP contribution in [-0.4, -0.2) is 10.7 Å². The van der Waals surface area contributed by atoms with Crippen molar-refractivity contribution in [2.75, 3.05) is 0 Å². The molecule has 0 bridgehead atoms. The number of hydrogen-bond donors (Lipinski definition) is 0. The van der Waals surface area contributed by atoms with Gasteiger partial charge in [-0.3, -0.25) is 10.1 Å². The van der Waals surface area contributed by atoms with E-state index in [1.807, 2.05) is 0 Å². The Morgan fingerprint density at radius 1 is 1.58 bits per heavy atom. The lowest BCUT2D eigenvalue weighted by Gasteiger charge is -2.15. The van der Waals surface area contributed by atoms with Gasteiger partial charge in [0.05, 0.1) is 11.3 Å². The van der Waals surface area contributed by atoms with Gasteiger partial charge in [-0.2, -0.15) is 8.78 Å². The molecule has 3 nitrogen and oxygen atoms in total. The fourth-order valence-corrected chi connectivity index (χ4v) is 0.819. The highest BCUT2D eigenvalue weighted by Gasteiger charge is 2.51. The van der Waals surface area contributed by atoms with E-state index in [0.29, 0.717) is 6.08 Å². The minimum Gasteiger partial charge on any atom is -0.261 e. The number of rotatable bonds is 1. The summed E-state index contributed by atoms with van der Waals surface area (Å²) in [7, 11) is 0. The van der Waals surface area contributed by atoms with E-state index in [9.17, 15) is 23.3 Å². The van der Waals surface area contributed by atoms with Crippen LogP contribution in [0.1, 0.15) is 6.42 Å². The molecule has 0 saturated heterocycles. The second-order valence-electron chi connectivity index (χ2n) is 2.28. The van der Waals surface area contributed by atoms with Crippen molar-refractivity contribution in [3.63, 3.8) is 0 Å². The Balaban J connectivity index is 3.12. The number of hydrogen-bond acceptors (Lipinski definition) is 2. The van der Waals surface area contributed by atoms with Gasteiger partial charge in [-0.15, -0.1) is 0 Å². The summed E-state index contributed by atoms with van der Waals surface area (Å²) in [4.78, 5) is 8.51. The molecule has 0 heterocycles. The zero-order valence-electron chi connectivity index (χ0n) is 5.76. The van der Waals surface area contributed by atoms with Crippen LogP contribution in [0.5, 0.6) is 0 Å². The number of halogens is 3. The van der Waals surface area contributed by atoms with Gasteiger partial charge in [-0.25, -0.2) is 4.39 Å². The first kappa shape index (κ1) is 8.76. The Bertz CT molecular complexity index is 287. The molecule has 0 saturated carbocycles. The van der Waals surface area contributed by atoms with Gasteiger partial charge in [0, 0.05) is 0 Å². The Morgan fingerprint density at radius 2 is 2.17 bits per heavy atom. The molecule has 0 fully saturated rings.